The van der Waals surface area contributed by atoms with Gasteiger partial charge < -0.3 is 10.2 Å². The maximum atomic E-state index is 14.3. The highest BCUT2D eigenvalue weighted by Crippen LogP contribution is 2.59. The standard InChI is InChI=1S/C39H51NO5S3/c1-28-9-6-20-38(2)35(33-17-15-29(25-31(41)16-14-28)26-34(33)37(42)30-10-4-3-5-11-30)18-21-39(38,43)27-40(22-19-32-12-7-23-46-32)48(44,45)36-13-8-24-47-36/h7-9,12-13,15,17,23-24,26,30-31,35,41,43H,3-6,10-11,14,16,18-22,25,27H2,1-2H3. The minimum absolute atomic E-state index is 0.00244. The lowest BCUT2D eigenvalue weighted by Gasteiger charge is -2.46. The van der Waals surface area contributed by atoms with Gasteiger partial charge in [-0.15, -0.1) is 22.7 Å². The predicted octanol–water partition coefficient (Wildman–Crippen LogP) is 8.54. The highest BCUT2D eigenvalue weighted by Gasteiger charge is 2.58. The Balaban J connectivity index is 1.41. The number of fused-ring (bicyclic) bond motifs is 8. The van der Waals surface area contributed by atoms with Crippen molar-refractivity contribution < 1.29 is 23.4 Å². The van der Waals surface area contributed by atoms with E-state index >= 15 is 0 Å². The summed E-state index contributed by atoms with van der Waals surface area (Å²) in [6.45, 7) is 4.53. The third-order valence-electron chi connectivity index (χ3n) is 11.6. The van der Waals surface area contributed by atoms with Gasteiger partial charge in [0.15, 0.2) is 5.78 Å². The molecule has 2 saturated carbocycles. The van der Waals surface area contributed by atoms with E-state index < -0.39 is 27.1 Å². The summed E-state index contributed by atoms with van der Waals surface area (Å²) in [5, 5.41) is 27.7. The van der Waals surface area contributed by atoms with Crippen LogP contribution >= 0.6 is 22.7 Å². The number of rotatable bonds is 9. The molecule has 260 valence electrons. The van der Waals surface area contributed by atoms with E-state index in [4.69, 9.17) is 0 Å². The zero-order chi connectivity index (χ0) is 33.9. The van der Waals surface area contributed by atoms with Gasteiger partial charge in [-0.25, -0.2) is 8.42 Å². The van der Waals surface area contributed by atoms with E-state index in [-0.39, 0.29) is 30.7 Å². The van der Waals surface area contributed by atoms with Crippen LogP contribution in [0.15, 0.2) is 69.1 Å². The molecule has 9 heteroatoms. The van der Waals surface area contributed by atoms with E-state index in [2.05, 4.69) is 32.1 Å². The van der Waals surface area contributed by atoms with E-state index in [0.29, 0.717) is 42.7 Å². The van der Waals surface area contributed by atoms with Crippen LogP contribution in [0.2, 0.25) is 0 Å². The smallest absolute Gasteiger partial charge is 0.252 e. The second-order valence-electron chi connectivity index (χ2n) is 14.7. The number of Topliss-reactive ketones (excluding diaryl/α,β-unsaturated/α-hetero) is 1. The van der Waals surface area contributed by atoms with Crippen molar-refractivity contribution in [3.05, 3.63) is 86.4 Å². The number of allylic oxidation sites excluding steroid dienone is 2. The average molecular weight is 710 g/mol. The Morgan fingerprint density at radius 2 is 1.77 bits per heavy atom. The van der Waals surface area contributed by atoms with Crippen molar-refractivity contribution in [2.45, 2.75) is 119 Å². The molecule has 4 atom stereocenters. The summed E-state index contributed by atoms with van der Waals surface area (Å²) < 4.78 is 30.1. The van der Waals surface area contributed by atoms with Crippen molar-refractivity contribution in [1.29, 1.82) is 0 Å². The molecule has 0 aliphatic heterocycles. The first-order chi connectivity index (χ1) is 23.0. The summed E-state index contributed by atoms with van der Waals surface area (Å²) in [6, 6.07) is 13.6. The number of aliphatic hydroxyl groups excluding tert-OH is 1. The number of hydrogen-bond acceptors (Lipinski definition) is 7. The molecule has 6 nitrogen and oxygen atoms in total. The Labute approximate surface area is 295 Å². The van der Waals surface area contributed by atoms with Crippen LogP contribution < -0.4 is 0 Å². The van der Waals surface area contributed by atoms with Crippen molar-refractivity contribution in [2.75, 3.05) is 13.1 Å². The van der Waals surface area contributed by atoms with Gasteiger partial charge in [-0.05, 0) is 117 Å². The van der Waals surface area contributed by atoms with Crippen molar-refractivity contribution in [1.82, 2.24) is 4.31 Å². The molecular weight excluding hydrogens is 659 g/mol. The van der Waals surface area contributed by atoms with Crippen LogP contribution in [0.25, 0.3) is 0 Å². The maximum absolute atomic E-state index is 14.3. The first kappa shape index (κ1) is 35.7. The summed E-state index contributed by atoms with van der Waals surface area (Å²) in [6.07, 6.45) is 11.9. The predicted molar refractivity (Wildman–Crippen MR) is 195 cm³/mol. The number of nitrogens with zero attached hydrogens (tertiary/aromatic N) is 1. The third kappa shape index (κ3) is 7.47. The minimum Gasteiger partial charge on any atom is -0.393 e. The molecular formula is C39H51NO5S3. The summed E-state index contributed by atoms with van der Waals surface area (Å²) >= 11 is 2.83. The fourth-order valence-electron chi connectivity index (χ4n) is 8.60. The van der Waals surface area contributed by atoms with Crippen LogP contribution in [0.5, 0.6) is 0 Å². The summed E-state index contributed by atoms with van der Waals surface area (Å²) in [5.74, 6) is 0.0705. The normalized spacial score (nSPS) is 27.5. The molecule has 2 aromatic heterocycles. The van der Waals surface area contributed by atoms with Gasteiger partial charge in [0.25, 0.3) is 10.0 Å². The number of thiophene rings is 2. The van der Waals surface area contributed by atoms with Gasteiger partial charge in [-0.3, -0.25) is 4.79 Å². The number of carbonyl (C=O) groups excluding carboxylic acids is 1. The molecule has 2 N–H and O–H groups in total. The Hall–Kier alpha value is -2.14. The van der Waals surface area contributed by atoms with Gasteiger partial charge >= 0.3 is 0 Å². The Morgan fingerprint density at radius 1 is 1.00 bits per heavy atom. The average Bonchev–Trinajstić information content (AvgIpc) is 3.85. The molecule has 2 bridgehead atoms. The molecule has 0 amide bonds. The van der Waals surface area contributed by atoms with Crippen molar-refractivity contribution in [2.24, 2.45) is 11.3 Å². The number of aliphatic hydroxyl groups is 2. The van der Waals surface area contributed by atoms with Crippen LogP contribution in [0, 0.1) is 11.3 Å². The quantitative estimate of drug-likeness (QED) is 0.172. The van der Waals surface area contributed by atoms with E-state index in [1.807, 2.05) is 23.6 Å². The molecule has 48 heavy (non-hydrogen) atoms. The summed E-state index contributed by atoms with van der Waals surface area (Å²) in [4.78, 5) is 15.5. The van der Waals surface area contributed by atoms with Crippen LogP contribution in [-0.4, -0.2) is 53.5 Å². The Morgan fingerprint density at radius 3 is 2.50 bits per heavy atom. The number of hydrogen-bond donors (Lipinski definition) is 2. The lowest BCUT2D eigenvalue weighted by molar-refractivity contribution is -0.0722. The first-order valence-electron chi connectivity index (χ1n) is 17.8. The molecule has 0 spiro atoms. The molecule has 2 fully saturated rings. The molecule has 0 radical (unpaired) electrons. The molecule has 0 saturated heterocycles. The zero-order valence-corrected chi connectivity index (χ0v) is 30.9. The van der Waals surface area contributed by atoms with Crippen LogP contribution in [0.1, 0.15) is 117 Å². The number of sulfonamides is 1. The Bertz CT molecular complexity index is 1680. The van der Waals surface area contributed by atoms with Gasteiger partial charge in [-0.1, -0.05) is 62.1 Å². The van der Waals surface area contributed by atoms with E-state index in [0.717, 1.165) is 60.1 Å². The zero-order valence-electron chi connectivity index (χ0n) is 28.4. The van der Waals surface area contributed by atoms with Crippen LogP contribution in [0.3, 0.4) is 0 Å². The second kappa shape index (κ2) is 15.0. The topological polar surface area (TPSA) is 94.9 Å². The molecule has 4 aliphatic carbocycles. The first-order valence-corrected chi connectivity index (χ1v) is 21.0. The molecule has 4 aliphatic rings. The highest BCUT2D eigenvalue weighted by molar-refractivity contribution is 7.91. The van der Waals surface area contributed by atoms with Gasteiger partial charge in [0.2, 0.25) is 0 Å². The van der Waals surface area contributed by atoms with Crippen molar-refractivity contribution in [3.63, 3.8) is 0 Å². The lowest BCUT2D eigenvalue weighted by atomic mass is 9.64. The van der Waals surface area contributed by atoms with Gasteiger partial charge in [-0.2, -0.15) is 4.31 Å². The fourth-order valence-corrected chi connectivity index (χ4v) is 11.9. The lowest BCUT2D eigenvalue weighted by Crippen LogP contribution is -2.54. The second-order valence-corrected chi connectivity index (χ2v) is 18.9. The molecule has 2 heterocycles. The molecule has 4 unspecified atom stereocenters. The number of benzene rings is 1. The van der Waals surface area contributed by atoms with Crippen molar-refractivity contribution in [3.8, 4) is 0 Å². The van der Waals surface area contributed by atoms with Gasteiger partial charge in [0, 0.05) is 34.9 Å². The fraction of sp³-hybridized carbons (Fsp3) is 0.564. The maximum Gasteiger partial charge on any atom is 0.252 e. The van der Waals surface area contributed by atoms with E-state index in [9.17, 15) is 23.4 Å². The third-order valence-corrected chi connectivity index (χ3v) is 15.8. The Kier molecular flexibility index (Phi) is 11.1. The van der Waals surface area contributed by atoms with Gasteiger partial charge in [0.1, 0.15) is 4.21 Å². The summed E-state index contributed by atoms with van der Waals surface area (Å²) in [5.41, 5.74) is 1.91. The van der Waals surface area contributed by atoms with Crippen LogP contribution in [-0.2, 0) is 22.9 Å². The van der Waals surface area contributed by atoms with E-state index in [1.165, 1.54) is 27.6 Å². The summed E-state index contributed by atoms with van der Waals surface area (Å²) in [7, 11) is -3.84. The highest BCUT2D eigenvalue weighted by atomic mass is 32.2. The molecule has 3 aromatic rings. The molecule has 1 aromatic carbocycles. The molecule has 7 rings (SSSR count). The minimum atomic E-state index is -3.84. The monoisotopic (exact) mass is 709 g/mol. The van der Waals surface area contributed by atoms with E-state index in [1.54, 1.807) is 28.8 Å². The SMILES string of the molecule is CC1=CCCC2(C)C(CCC2(O)CN(CCc2cccs2)S(=O)(=O)c2cccs2)c2ccc(cc2C(=O)C2CCCCC2)CC(O)CC1. The number of ketones is 1. The van der Waals surface area contributed by atoms with Gasteiger partial charge in [0.05, 0.1) is 11.7 Å². The largest absolute Gasteiger partial charge is 0.393 e. The van der Waals surface area contributed by atoms with Crippen LogP contribution in [0.4, 0.5) is 0 Å². The van der Waals surface area contributed by atoms with Crippen molar-refractivity contribution >= 4 is 38.5 Å². The number of carbonyl (C=O) groups is 1.